The van der Waals surface area contributed by atoms with Gasteiger partial charge >= 0.3 is 0 Å². The number of carbonyl (C=O) groups excluding carboxylic acids is 1. The first-order chi connectivity index (χ1) is 8.06. The van der Waals surface area contributed by atoms with E-state index in [-0.39, 0.29) is 11.4 Å². The molecule has 94 valence electrons. The fourth-order valence-corrected chi connectivity index (χ4v) is 2.04. The highest BCUT2D eigenvalue weighted by Crippen LogP contribution is 2.15. The van der Waals surface area contributed by atoms with Gasteiger partial charge in [0.1, 0.15) is 0 Å². The summed E-state index contributed by atoms with van der Waals surface area (Å²) < 4.78 is 1.12. The summed E-state index contributed by atoms with van der Waals surface area (Å²) in [6, 6.07) is 7.53. The molecule has 1 rings (SSSR count). The molecular weight excluding hydrogens is 327 g/mol. The monoisotopic (exact) mass is 346 g/mol. The van der Waals surface area contributed by atoms with Crippen LogP contribution in [0.15, 0.2) is 24.3 Å². The van der Waals surface area contributed by atoms with E-state index in [0.29, 0.717) is 12.1 Å². The Hall–Kier alpha value is -0.620. The fourth-order valence-electron chi connectivity index (χ4n) is 1.68. The number of benzene rings is 1. The van der Waals surface area contributed by atoms with Crippen molar-refractivity contribution in [2.75, 3.05) is 6.54 Å². The standard InChI is InChI=1S/C13H19IN2O/c1-3-13(4-2,9-15)16-12(17)10-5-7-11(14)8-6-10/h5-8H,3-4,9,15H2,1-2H3,(H,16,17). The largest absolute Gasteiger partial charge is 0.345 e. The Morgan fingerprint density at radius 1 is 1.29 bits per heavy atom. The van der Waals surface area contributed by atoms with E-state index in [1.807, 2.05) is 38.1 Å². The lowest BCUT2D eigenvalue weighted by atomic mass is 9.92. The lowest BCUT2D eigenvalue weighted by Gasteiger charge is -2.31. The summed E-state index contributed by atoms with van der Waals surface area (Å²) in [6.07, 6.45) is 1.69. The van der Waals surface area contributed by atoms with Gasteiger partial charge in [-0.05, 0) is 59.7 Å². The highest BCUT2D eigenvalue weighted by Gasteiger charge is 2.26. The van der Waals surface area contributed by atoms with E-state index in [1.54, 1.807) is 0 Å². The Morgan fingerprint density at radius 2 is 1.82 bits per heavy atom. The van der Waals surface area contributed by atoms with Crippen molar-refractivity contribution in [3.63, 3.8) is 0 Å². The maximum atomic E-state index is 12.1. The highest BCUT2D eigenvalue weighted by molar-refractivity contribution is 14.1. The van der Waals surface area contributed by atoms with Gasteiger partial charge in [-0.15, -0.1) is 0 Å². The maximum absolute atomic E-state index is 12.1. The van der Waals surface area contributed by atoms with Crippen LogP contribution >= 0.6 is 22.6 Å². The van der Waals surface area contributed by atoms with Gasteiger partial charge < -0.3 is 11.1 Å². The summed E-state index contributed by atoms with van der Waals surface area (Å²) in [5.41, 5.74) is 6.17. The third kappa shape index (κ3) is 3.67. The van der Waals surface area contributed by atoms with Crippen LogP contribution in [0.3, 0.4) is 0 Å². The Morgan fingerprint density at radius 3 is 2.24 bits per heavy atom. The molecule has 1 aromatic carbocycles. The van der Waals surface area contributed by atoms with Gasteiger partial charge in [0.15, 0.2) is 0 Å². The van der Waals surface area contributed by atoms with Crippen LogP contribution in [0.25, 0.3) is 0 Å². The molecule has 0 aromatic heterocycles. The van der Waals surface area contributed by atoms with Gasteiger partial charge in [-0.2, -0.15) is 0 Å². The number of nitrogens with two attached hydrogens (primary N) is 1. The number of carbonyl (C=O) groups is 1. The molecule has 0 saturated carbocycles. The number of rotatable bonds is 5. The molecule has 0 heterocycles. The van der Waals surface area contributed by atoms with Crippen molar-refractivity contribution in [3.05, 3.63) is 33.4 Å². The number of hydrogen-bond donors (Lipinski definition) is 2. The zero-order chi connectivity index (χ0) is 12.9. The zero-order valence-electron chi connectivity index (χ0n) is 10.3. The third-order valence-electron chi connectivity index (χ3n) is 3.23. The van der Waals surface area contributed by atoms with Crippen LogP contribution in [0.2, 0.25) is 0 Å². The second kappa shape index (κ2) is 6.35. The number of nitrogens with one attached hydrogen (secondary N) is 1. The van der Waals surface area contributed by atoms with Crippen LogP contribution in [-0.4, -0.2) is 18.0 Å². The molecule has 4 heteroatoms. The van der Waals surface area contributed by atoms with Gasteiger partial charge in [-0.3, -0.25) is 4.79 Å². The minimum Gasteiger partial charge on any atom is -0.345 e. The Balaban J connectivity index is 2.81. The molecule has 1 amide bonds. The van der Waals surface area contributed by atoms with E-state index < -0.39 is 0 Å². The van der Waals surface area contributed by atoms with Crippen molar-refractivity contribution >= 4 is 28.5 Å². The van der Waals surface area contributed by atoms with E-state index >= 15 is 0 Å². The summed E-state index contributed by atoms with van der Waals surface area (Å²) in [5, 5.41) is 3.05. The Labute approximate surface area is 116 Å². The number of hydrogen-bond acceptors (Lipinski definition) is 2. The normalized spacial score (nSPS) is 11.3. The maximum Gasteiger partial charge on any atom is 0.251 e. The first-order valence-corrected chi connectivity index (χ1v) is 6.93. The van der Waals surface area contributed by atoms with Gasteiger partial charge in [-0.25, -0.2) is 0 Å². The first kappa shape index (κ1) is 14.4. The lowest BCUT2D eigenvalue weighted by molar-refractivity contribution is 0.0895. The molecule has 3 nitrogen and oxygen atoms in total. The summed E-state index contributed by atoms with van der Waals surface area (Å²) >= 11 is 2.22. The van der Waals surface area contributed by atoms with Crippen LogP contribution < -0.4 is 11.1 Å². The van der Waals surface area contributed by atoms with Crippen molar-refractivity contribution in [1.29, 1.82) is 0 Å². The summed E-state index contributed by atoms with van der Waals surface area (Å²) in [5.74, 6) is -0.0458. The first-order valence-electron chi connectivity index (χ1n) is 5.85. The van der Waals surface area contributed by atoms with Crippen molar-refractivity contribution in [2.45, 2.75) is 32.2 Å². The van der Waals surface area contributed by atoms with Crippen LogP contribution in [0.4, 0.5) is 0 Å². The van der Waals surface area contributed by atoms with Crippen molar-refractivity contribution < 1.29 is 4.79 Å². The van der Waals surface area contributed by atoms with E-state index in [9.17, 15) is 4.79 Å². The molecule has 3 N–H and O–H groups in total. The number of amides is 1. The van der Waals surface area contributed by atoms with Gasteiger partial charge in [-0.1, -0.05) is 13.8 Å². The molecule has 0 bridgehead atoms. The number of halogens is 1. The molecule has 0 radical (unpaired) electrons. The molecule has 0 fully saturated rings. The van der Waals surface area contributed by atoms with Gasteiger partial charge in [0.05, 0.1) is 5.54 Å². The van der Waals surface area contributed by atoms with Crippen LogP contribution in [0, 0.1) is 3.57 Å². The molecule has 0 atom stereocenters. The van der Waals surface area contributed by atoms with Gasteiger partial charge in [0.2, 0.25) is 0 Å². The van der Waals surface area contributed by atoms with Gasteiger partial charge in [0, 0.05) is 15.7 Å². The second-order valence-electron chi connectivity index (χ2n) is 4.15. The van der Waals surface area contributed by atoms with E-state index in [0.717, 1.165) is 16.4 Å². The van der Waals surface area contributed by atoms with Crippen LogP contribution in [-0.2, 0) is 0 Å². The van der Waals surface area contributed by atoms with E-state index in [2.05, 4.69) is 27.9 Å². The van der Waals surface area contributed by atoms with E-state index in [4.69, 9.17) is 5.73 Å². The summed E-state index contributed by atoms with van der Waals surface area (Å²) in [6.45, 7) is 4.56. The molecule has 0 aliphatic carbocycles. The SMILES string of the molecule is CCC(CC)(CN)NC(=O)c1ccc(I)cc1. The van der Waals surface area contributed by atoms with Crippen LogP contribution in [0.1, 0.15) is 37.0 Å². The summed E-state index contributed by atoms with van der Waals surface area (Å²) in [4.78, 5) is 12.1. The molecule has 17 heavy (non-hydrogen) atoms. The molecule has 1 aromatic rings. The smallest absolute Gasteiger partial charge is 0.251 e. The minimum absolute atomic E-state index is 0.0458. The Kier molecular flexibility index (Phi) is 5.39. The average Bonchev–Trinajstić information content (AvgIpc) is 2.37. The van der Waals surface area contributed by atoms with Crippen molar-refractivity contribution in [3.8, 4) is 0 Å². The lowest BCUT2D eigenvalue weighted by Crippen LogP contribution is -2.52. The van der Waals surface area contributed by atoms with Gasteiger partial charge in [0.25, 0.3) is 5.91 Å². The molecule has 0 saturated heterocycles. The zero-order valence-corrected chi connectivity index (χ0v) is 12.5. The predicted octanol–water partition coefficient (Wildman–Crippen LogP) is 2.54. The Bertz CT molecular complexity index is 363. The molecule has 0 spiro atoms. The molecule has 0 aliphatic heterocycles. The van der Waals surface area contributed by atoms with E-state index in [1.165, 1.54) is 0 Å². The molecule has 0 aliphatic rings. The summed E-state index contributed by atoms with van der Waals surface area (Å²) in [7, 11) is 0. The average molecular weight is 346 g/mol. The van der Waals surface area contributed by atoms with Crippen LogP contribution in [0.5, 0.6) is 0 Å². The molecular formula is C13H19IN2O. The second-order valence-corrected chi connectivity index (χ2v) is 5.40. The van der Waals surface area contributed by atoms with Crippen molar-refractivity contribution in [1.82, 2.24) is 5.32 Å². The fraction of sp³-hybridized carbons (Fsp3) is 0.462. The quantitative estimate of drug-likeness (QED) is 0.805. The van der Waals surface area contributed by atoms with Crippen molar-refractivity contribution in [2.24, 2.45) is 5.73 Å². The minimum atomic E-state index is -0.278. The highest BCUT2D eigenvalue weighted by atomic mass is 127. The third-order valence-corrected chi connectivity index (χ3v) is 3.95. The predicted molar refractivity (Wildman–Crippen MR) is 79.0 cm³/mol. The topological polar surface area (TPSA) is 55.1 Å². The molecule has 0 unspecified atom stereocenters.